The Balaban J connectivity index is 1.49. The van der Waals surface area contributed by atoms with Crippen LogP contribution in [0.2, 0.25) is 0 Å². The number of carbonyl (C=O) groups excluding carboxylic acids is 4. The van der Waals surface area contributed by atoms with Gasteiger partial charge in [-0.3, -0.25) is 9.59 Å². The zero-order valence-corrected chi connectivity index (χ0v) is 23.5. The molecule has 0 aliphatic rings. The molecular weight excluding hydrogens is 578 g/mol. The summed E-state index contributed by atoms with van der Waals surface area (Å²) < 4.78 is 10.5. The van der Waals surface area contributed by atoms with Crippen LogP contribution in [0.4, 0.5) is 15.3 Å². The molecule has 0 aliphatic heterocycles. The number of hydrogen-bond acceptors (Lipinski definition) is 6. The van der Waals surface area contributed by atoms with Gasteiger partial charge in [-0.2, -0.15) is 0 Å². The largest absolute Gasteiger partial charge is 0.445 e. The molecule has 0 aliphatic carbocycles. The van der Waals surface area contributed by atoms with Crippen molar-refractivity contribution in [2.45, 2.75) is 38.5 Å². The van der Waals surface area contributed by atoms with Crippen molar-refractivity contribution in [2.75, 3.05) is 17.2 Å². The average Bonchev–Trinajstić information content (AvgIpc) is 2.99. The fourth-order valence-corrected chi connectivity index (χ4v) is 3.98. The van der Waals surface area contributed by atoms with Crippen LogP contribution >= 0.6 is 15.9 Å². The lowest BCUT2D eigenvalue weighted by Gasteiger charge is -2.19. The summed E-state index contributed by atoms with van der Waals surface area (Å²) >= 11 is 3.14. The van der Waals surface area contributed by atoms with Crippen molar-refractivity contribution in [1.29, 1.82) is 0 Å². The van der Waals surface area contributed by atoms with Crippen LogP contribution in [0.25, 0.3) is 0 Å². The highest BCUT2D eigenvalue weighted by molar-refractivity contribution is 9.09. The average molecular weight is 611 g/mol. The van der Waals surface area contributed by atoms with Crippen molar-refractivity contribution in [3.63, 3.8) is 0 Å². The molecule has 0 radical (unpaired) electrons. The molecule has 40 heavy (non-hydrogen) atoms. The number of alkyl carbamates (subject to hydrolysis) is 2. The van der Waals surface area contributed by atoms with Crippen LogP contribution in [0, 0.1) is 0 Å². The van der Waals surface area contributed by atoms with E-state index in [0.717, 1.165) is 11.1 Å². The molecule has 0 saturated carbocycles. The number of hydrogen-bond donors (Lipinski definition) is 3. The first-order chi connectivity index (χ1) is 19.4. The Kier molecular flexibility index (Phi) is 12.7. The van der Waals surface area contributed by atoms with E-state index >= 15 is 0 Å². The molecule has 0 bridgehead atoms. The van der Waals surface area contributed by atoms with Gasteiger partial charge < -0.3 is 25.4 Å². The minimum atomic E-state index is -0.878. The second kappa shape index (κ2) is 16.7. The predicted molar refractivity (Wildman–Crippen MR) is 155 cm³/mol. The van der Waals surface area contributed by atoms with Gasteiger partial charge in [-0.25, -0.2) is 9.59 Å². The third kappa shape index (κ3) is 10.9. The van der Waals surface area contributed by atoms with Crippen LogP contribution in [0.15, 0.2) is 84.9 Å². The van der Waals surface area contributed by atoms with Crippen LogP contribution in [0.1, 0.15) is 40.7 Å². The topological polar surface area (TPSA) is 123 Å². The molecule has 0 heterocycles. The first-order valence-corrected chi connectivity index (χ1v) is 14.0. The number of ether oxygens (including phenoxy) is 2. The molecule has 210 valence electrons. The van der Waals surface area contributed by atoms with E-state index in [1.54, 1.807) is 24.3 Å². The Morgan fingerprint density at radius 1 is 0.725 bits per heavy atom. The van der Waals surface area contributed by atoms with Crippen molar-refractivity contribution in [1.82, 2.24) is 10.6 Å². The van der Waals surface area contributed by atoms with Gasteiger partial charge in [0.1, 0.15) is 19.3 Å². The van der Waals surface area contributed by atoms with Crippen molar-refractivity contribution in [3.05, 3.63) is 102 Å². The molecule has 10 heteroatoms. The Morgan fingerprint density at radius 2 is 1.30 bits per heavy atom. The van der Waals surface area contributed by atoms with Crippen molar-refractivity contribution >= 4 is 45.5 Å². The Morgan fingerprint density at radius 3 is 1.88 bits per heavy atom. The summed E-state index contributed by atoms with van der Waals surface area (Å²) in [5, 5.41) is 8.31. The molecule has 0 saturated heterocycles. The summed E-state index contributed by atoms with van der Waals surface area (Å²) in [7, 11) is 0. The molecule has 3 rings (SSSR count). The molecule has 0 aromatic heterocycles. The molecule has 1 atom stereocenters. The van der Waals surface area contributed by atoms with Crippen LogP contribution in [-0.4, -0.2) is 41.8 Å². The summed E-state index contributed by atoms with van der Waals surface area (Å²) in [4.78, 5) is 49.3. The van der Waals surface area contributed by atoms with Gasteiger partial charge in [0.05, 0.1) is 5.33 Å². The second-order valence-electron chi connectivity index (χ2n) is 8.87. The summed E-state index contributed by atoms with van der Waals surface area (Å²) in [5.41, 5.74) is 2.72. The first kappa shape index (κ1) is 30.4. The van der Waals surface area contributed by atoms with E-state index in [1.165, 1.54) is 0 Å². The number of anilines is 1. The summed E-state index contributed by atoms with van der Waals surface area (Å²) in [6.45, 7) is 0.595. The number of amides is 3. The van der Waals surface area contributed by atoms with E-state index in [2.05, 4.69) is 31.9 Å². The SMILES string of the molecule is O=C(NCCCCC(NC(=O)OCc1ccccc1)C(=O)Nc1ccc(C(=O)CBr)cc1)OCc1ccccc1. The van der Waals surface area contributed by atoms with Gasteiger partial charge in [-0.05, 0) is 54.7 Å². The fourth-order valence-electron chi connectivity index (χ4n) is 3.66. The Bertz CT molecular complexity index is 1240. The van der Waals surface area contributed by atoms with E-state index < -0.39 is 24.1 Å². The third-order valence-electron chi connectivity index (χ3n) is 5.82. The number of rotatable bonds is 14. The van der Waals surface area contributed by atoms with Crippen molar-refractivity contribution < 1.29 is 28.7 Å². The highest BCUT2D eigenvalue weighted by atomic mass is 79.9. The Labute approximate surface area is 241 Å². The van der Waals surface area contributed by atoms with Gasteiger partial charge in [0.25, 0.3) is 0 Å². The smallest absolute Gasteiger partial charge is 0.408 e. The standard InChI is InChI=1S/C30H32BrN3O6/c31-19-27(35)24-14-16-25(17-15-24)33-28(36)26(34-30(38)40-21-23-11-5-2-6-12-23)13-7-8-18-32-29(37)39-20-22-9-3-1-4-10-22/h1-6,9-12,14-17,26H,7-8,13,18-21H2,(H,32,37)(H,33,36)(H,34,38). The molecule has 0 fully saturated rings. The van der Waals surface area contributed by atoms with E-state index in [1.807, 2.05) is 60.7 Å². The first-order valence-electron chi connectivity index (χ1n) is 12.9. The van der Waals surface area contributed by atoms with Crippen molar-refractivity contribution in [3.8, 4) is 0 Å². The highest BCUT2D eigenvalue weighted by Gasteiger charge is 2.22. The molecule has 3 N–H and O–H groups in total. The number of nitrogens with one attached hydrogen (secondary N) is 3. The van der Waals surface area contributed by atoms with Gasteiger partial charge in [-0.15, -0.1) is 0 Å². The summed E-state index contributed by atoms with van der Waals surface area (Å²) in [6.07, 6.45) is 0.170. The van der Waals surface area contributed by atoms with Gasteiger partial charge in [0, 0.05) is 17.8 Å². The monoisotopic (exact) mass is 609 g/mol. The van der Waals surface area contributed by atoms with Gasteiger partial charge in [0.2, 0.25) is 5.91 Å². The van der Waals surface area contributed by atoms with E-state index in [-0.39, 0.29) is 24.3 Å². The van der Waals surface area contributed by atoms with E-state index in [4.69, 9.17) is 9.47 Å². The van der Waals surface area contributed by atoms with Crippen molar-refractivity contribution in [2.24, 2.45) is 0 Å². The summed E-state index contributed by atoms with van der Waals surface area (Å²) in [6, 6.07) is 24.2. The molecule has 9 nitrogen and oxygen atoms in total. The Hall–Kier alpha value is -4.18. The minimum Gasteiger partial charge on any atom is -0.445 e. The lowest BCUT2D eigenvalue weighted by molar-refractivity contribution is -0.118. The number of Topliss-reactive ketones (excluding diaryl/α,β-unsaturated/α-hetero) is 1. The number of benzene rings is 3. The number of alkyl halides is 1. The number of unbranched alkanes of at least 4 members (excludes halogenated alkanes) is 1. The fraction of sp³-hybridized carbons (Fsp3) is 0.267. The molecule has 3 aromatic carbocycles. The molecule has 0 spiro atoms. The quantitative estimate of drug-likeness (QED) is 0.124. The van der Waals surface area contributed by atoms with Crippen LogP contribution in [0.3, 0.4) is 0 Å². The number of ketones is 1. The maximum absolute atomic E-state index is 13.0. The predicted octanol–water partition coefficient (Wildman–Crippen LogP) is 5.59. The lowest BCUT2D eigenvalue weighted by atomic mass is 10.1. The molecule has 1 unspecified atom stereocenters. The van der Waals surface area contributed by atoms with E-state index in [0.29, 0.717) is 37.1 Å². The molecule has 3 aromatic rings. The number of carbonyl (C=O) groups is 4. The highest BCUT2D eigenvalue weighted by Crippen LogP contribution is 2.13. The third-order valence-corrected chi connectivity index (χ3v) is 6.33. The lowest BCUT2D eigenvalue weighted by Crippen LogP contribution is -2.44. The molecular formula is C30H32BrN3O6. The molecule has 3 amide bonds. The maximum atomic E-state index is 13.0. The number of halogens is 1. The summed E-state index contributed by atoms with van der Waals surface area (Å²) in [5.74, 6) is -0.498. The van der Waals surface area contributed by atoms with E-state index in [9.17, 15) is 19.2 Å². The second-order valence-corrected chi connectivity index (χ2v) is 9.43. The zero-order chi connectivity index (χ0) is 28.6. The van der Waals surface area contributed by atoms with Crippen LogP contribution in [0.5, 0.6) is 0 Å². The minimum absolute atomic E-state index is 0.0685. The zero-order valence-electron chi connectivity index (χ0n) is 21.9. The maximum Gasteiger partial charge on any atom is 0.408 e. The van der Waals surface area contributed by atoms with Gasteiger partial charge in [-0.1, -0.05) is 76.6 Å². The van der Waals surface area contributed by atoms with Crippen LogP contribution in [-0.2, 0) is 27.5 Å². The van der Waals surface area contributed by atoms with Gasteiger partial charge >= 0.3 is 12.2 Å². The normalized spacial score (nSPS) is 11.1. The van der Waals surface area contributed by atoms with Gasteiger partial charge in [0.15, 0.2) is 5.78 Å². The van der Waals surface area contributed by atoms with Crippen LogP contribution < -0.4 is 16.0 Å².